The van der Waals surface area contributed by atoms with Crippen LogP contribution in [0.2, 0.25) is 0 Å². The molecule has 9 heteroatoms. The van der Waals surface area contributed by atoms with Gasteiger partial charge in [0.15, 0.2) is 0 Å². The van der Waals surface area contributed by atoms with E-state index in [0.717, 1.165) is 47.7 Å². The number of aryl methyl sites for hydroxylation is 1. The zero-order chi connectivity index (χ0) is 21.5. The van der Waals surface area contributed by atoms with Crippen molar-refractivity contribution in [2.24, 2.45) is 0 Å². The number of piperidine rings is 1. The summed E-state index contributed by atoms with van der Waals surface area (Å²) in [6, 6.07) is 11.5. The van der Waals surface area contributed by atoms with Crippen LogP contribution in [0.1, 0.15) is 24.3 Å². The third-order valence-electron chi connectivity index (χ3n) is 6.21. The van der Waals surface area contributed by atoms with Gasteiger partial charge in [0.1, 0.15) is 11.6 Å². The summed E-state index contributed by atoms with van der Waals surface area (Å²) in [4.78, 5) is 29.2. The smallest absolute Gasteiger partial charge is 0.337 e. The van der Waals surface area contributed by atoms with E-state index in [1.165, 1.54) is 18.2 Å². The number of hydrogen-bond donors (Lipinski definition) is 1. The highest BCUT2D eigenvalue weighted by atomic mass is 19.1. The number of nitrogens with one attached hydrogen (secondary N) is 1. The van der Waals surface area contributed by atoms with Crippen LogP contribution in [0.4, 0.5) is 20.2 Å². The lowest BCUT2D eigenvalue weighted by atomic mass is 9.89. The average Bonchev–Trinajstić information content (AvgIpc) is 3.24. The Bertz CT molecular complexity index is 1200. The summed E-state index contributed by atoms with van der Waals surface area (Å²) >= 11 is 0. The zero-order valence-corrected chi connectivity index (χ0v) is 16.8. The molecule has 31 heavy (non-hydrogen) atoms. The summed E-state index contributed by atoms with van der Waals surface area (Å²) in [5, 5.41) is 0. The average molecular weight is 428 g/mol. The lowest BCUT2D eigenvalue weighted by molar-refractivity contribution is 0.176. The van der Waals surface area contributed by atoms with Crippen molar-refractivity contribution in [2.75, 3.05) is 24.5 Å². The van der Waals surface area contributed by atoms with Gasteiger partial charge < -0.3 is 14.3 Å². The summed E-state index contributed by atoms with van der Waals surface area (Å²) in [6.07, 6.45) is 1.52. The number of likely N-dealkylation sites (tertiary alicyclic amines) is 1. The van der Waals surface area contributed by atoms with E-state index in [1.807, 2.05) is 0 Å². The fraction of sp³-hybridized carbons (Fsp3) is 0.364. The van der Waals surface area contributed by atoms with Crippen LogP contribution in [-0.4, -0.2) is 40.3 Å². The molecule has 5 rings (SSSR count). The van der Waals surface area contributed by atoms with Crippen molar-refractivity contribution >= 4 is 11.4 Å². The number of benzene rings is 2. The molecular weight excluding hydrogens is 406 g/mol. The standard InChI is InChI=1S/C22H22F2N4O3/c23-14-2-5-16(6-3-14)28-19-7-4-15(24)12-17(19)18-13-26(11-8-20(18)28)9-1-10-27-21(29)25-22(30)31-27/h2-7,12,18,20H,1,8-11,13H2,(H,25,29,30). The highest BCUT2D eigenvalue weighted by Crippen LogP contribution is 2.48. The third kappa shape index (κ3) is 3.69. The first-order valence-corrected chi connectivity index (χ1v) is 10.4. The largest absolute Gasteiger partial charge is 0.440 e. The maximum Gasteiger partial charge on any atom is 0.440 e. The molecule has 1 aromatic heterocycles. The lowest BCUT2D eigenvalue weighted by Gasteiger charge is -2.39. The first-order valence-electron chi connectivity index (χ1n) is 10.4. The SMILES string of the molecule is O=c1[nH]c(=O)n(CCCN2CCC3C(C2)c2cc(F)ccc2N3c2ccc(F)cc2)o1. The highest BCUT2D eigenvalue weighted by molar-refractivity contribution is 5.73. The van der Waals surface area contributed by atoms with Crippen LogP contribution in [0, 0.1) is 11.6 Å². The normalized spacial score (nSPS) is 20.6. The van der Waals surface area contributed by atoms with Crippen LogP contribution in [0.5, 0.6) is 0 Å². The summed E-state index contributed by atoms with van der Waals surface area (Å²) in [7, 11) is 0. The van der Waals surface area contributed by atoms with Gasteiger partial charge in [-0.1, -0.05) is 0 Å². The Morgan fingerprint density at radius 1 is 1.03 bits per heavy atom. The molecule has 0 radical (unpaired) electrons. The Kier molecular flexibility index (Phi) is 4.97. The molecule has 0 bridgehead atoms. The lowest BCUT2D eigenvalue weighted by Crippen LogP contribution is -2.45. The minimum Gasteiger partial charge on any atom is -0.337 e. The summed E-state index contributed by atoms with van der Waals surface area (Å²) in [5.74, 6) is -1.18. The molecule has 2 aliphatic rings. The van der Waals surface area contributed by atoms with Gasteiger partial charge in [0, 0.05) is 36.4 Å². The number of hydrogen-bond acceptors (Lipinski definition) is 5. The molecule has 2 aromatic carbocycles. The summed E-state index contributed by atoms with van der Waals surface area (Å²) < 4.78 is 33.4. The van der Waals surface area contributed by atoms with Crippen molar-refractivity contribution in [1.29, 1.82) is 0 Å². The number of rotatable bonds is 5. The Balaban J connectivity index is 1.34. The van der Waals surface area contributed by atoms with Gasteiger partial charge in [-0.25, -0.2) is 23.4 Å². The molecule has 2 aliphatic heterocycles. The van der Waals surface area contributed by atoms with Crippen molar-refractivity contribution in [2.45, 2.75) is 31.3 Å². The van der Waals surface area contributed by atoms with E-state index in [1.54, 1.807) is 24.3 Å². The van der Waals surface area contributed by atoms with E-state index in [4.69, 9.17) is 4.52 Å². The monoisotopic (exact) mass is 428 g/mol. The minimum atomic E-state index is -0.753. The molecular formula is C22H22F2N4O3. The number of nitrogens with zero attached hydrogens (tertiary/aromatic N) is 3. The topological polar surface area (TPSA) is 74.5 Å². The van der Waals surface area contributed by atoms with Gasteiger partial charge in [0.25, 0.3) is 0 Å². The van der Waals surface area contributed by atoms with Gasteiger partial charge in [0.2, 0.25) is 0 Å². The molecule has 1 saturated heterocycles. The first-order chi connectivity index (χ1) is 15.0. The van der Waals surface area contributed by atoms with Crippen LogP contribution in [0.15, 0.2) is 56.6 Å². The third-order valence-corrected chi connectivity index (χ3v) is 6.21. The zero-order valence-electron chi connectivity index (χ0n) is 16.8. The number of halogens is 2. The van der Waals surface area contributed by atoms with Gasteiger partial charge in [-0.2, -0.15) is 4.74 Å². The fourth-order valence-corrected chi connectivity index (χ4v) is 4.88. The van der Waals surface area contributed by atoms with Crippen LogP contribution >= 0.6 is 0 Å². The Morgan fingerprint density at radius 2 is 1.81 bits per heavy atom. The second-order valence-electron chi connectivity index (χ2n) is 8.08. The molecule has 162 valence electrons. The number of fused-ring (bicyclic) bond motifs is 3. The molecule has 0 saturated carbocycles. The second kappa shape index (κ2) is 7.81. The maximum atomic E-state index is 14.1. The van der Waals surface area contributed by atoms with E-state index in [0.29, 0.717) is 13.0 Å². The first kappa shape index (κ1) is 19.7. The summed E-state index contributed by atoms with van der Waals surface area (Å²) in [6.45, 7) is 2.65. The number of anilines is 2. The predicted octanol–water partition coefficient (Wildman–Crippen LogP) is 2.81. The van der Waals surface area contributed by atoms with Crippen molar-refractivity contribution in [1.82, 2.24) is 14.6 Å². The van der Waals surface area contributed by atoms with Crippen LogP contribution in [0.25, 0.3) is 0 Å². The predicted molar refractivity (Wildman–Crippen MR) is 111 cm³/mol. The fourth-order valence-electron chi connectivity index (χ4n) is 4.88. The Hall–Kier alpha value is -3.20. The van der Waals surface area contributed by atoms with Crippen molar-refractivity contribution in [3.8, 4) is 0 Å². The van der Waals surface area contributed by atoms with Gasteiger partial charge in [-0.3, -0.25) is 0 Å². The number of aromatic amines is 1. The van der Waals surface area contributed by atoms with Gasteiger partial charge in [0.05, 0.1) is 6.54 Å². The molecule has 7 nitrogen and oxygen atoms in total. The minimum absolute atomic E-state index is 0.123. The molecule has 0 amide bonds. The number of H-pyrrole nitrogens is 1. The Morgan fingerprint density at radius 3 is 2.55 bits per heavy atom. The van der Waals surface area contributed by atoms with Gasteiger partial charge in [-0.15, -0.1) is 0 Å². The molecule has 2 atom stereocenters. The molecule has 0 spiro atoms. The Labute approximate surface area is 176 Å². The van der Waals surface area contributed by atoms with Gasteiger partial charge >= 0.3 is 11.4 Å². The van der Waals surface area contributed by atoms with E-state index in [9.17, 15) is 18.4 Å². The molecule has 2 unspecified atom stereocenters. The van der Waals surface area contributed by atoms with Gasteiger partial charge in [-0.05, 0) is 67.4 Å². The molecule has 1 N–H and O–H groups in total. The molecule has 1 fully saturated rings. The summed E-state index contributed by atoms with van der Waals surface area (Å²) in [5.41, 5.74) is 2.29. The van der Waals surface area contributed by atoms with E-state index < -0.39 is 11.4 Å². The molecule has 3 aromatic rings. The quantitative estimate of drug-likeness (QED) is 0.677. The van der Waals surface area contributed by atoms with Crippen LogP contribution in [0.3, 0.4) is 0 Å². The second-order valence-corrected chi connectivity index (χ2v) is 8.08. The van der Waals surface area contributed by atoms with Crippen molar-refractivity contribution in [3.63, 3.8) is 0 Å². The van der Waals surface area contributed by atoms with Crippen molar-refractivity contribution in [3.05, 3.63) is 80.7 Å². The van der Waals surface area contributed by atoms with E-state index in [-0.39, 0.29) is 23.6 Å². The maximum absolute atomic E-state index is 14.1. The molecule has 0 aliphatic carbocycles. The number of aromatic nitrogens is 2. The van der Waals surface area contributed by atoms with Crippen LogP contribution in [-0.2, 0) is 6.54 Å². The molecule has 3 heterocycles. The highest BCUT2D eigenvalue weighted by Gasteiger charge is 2.42. The van der Waals surface area contributed by atoms with Crippen LogP contribution < -0.4 is 16.3 Å². The van der Waals surface area contributed by atoms with E-state index in [2.05, 4.69) is 14.8 Å². The van der Waals surface area contributed by atoms with E-state index >= 15 is 0 Å². The van der Waals surface area contributed by atoms with Crippen molar-refractivity contribution < 1.29 is 13.3 Å².